The molecule has 0 N–H and O–H groups in total. The van der Waals surface area contributed by atoms with E-state index in [9.17, 15) is 4.79 Å². The van der Waals surface area contributed by atoms with Crippen LogP contribution in [-0.2, 0) is 35.2 Å². The van der Waals surface area contributed by atoms with E-state index in [0.717, 1.165) is 42.0 Å². The van der Waals surface area contributed by atoms with Crippen LogP contribution in [0.5, 0.6) is 0 Å². The maximum Gasteiger partial charge on any atom is 0.310 e. The van der Waals surface area contributed by atoms with Crippen molar-refractivity contribution in [3.05, 3.63) is 94.6 Å². The normalized spacial score (nSPS) is 10.7. The Hall–Kier alpha value is -3.01. The van der Waals surface area contributed by atoms with Crippen molar-refractivity contribution in [2.24, 2.45) is 0 Å². The van der Waals surface area contributed by atoms with Crippen LogP contribution in [0, 0.1) is 0 Å². The van der Waals surface area contributed by atoms with Crippen molar-refractivity contribution in [2.45, 2.75) is 52.4 Å². The summed E-state index contributed by atoms with van der Waals surface area (Å²) in [7, 11) is 0. The summed E-state index contributed by atoms with van der Waals surface area (Å²) in [5.74, 6) is 0.632. The summed E-state index contributed by atoms with van der Waals surface area (Å²) in [6.45, 7) is 4.37. The molecule has 3 aromatic rings. The lowest BCUT2D eigenvalue weighted by molar-refractivity contribution is -0.142. The zero-order valence-corrected chi connectivity index (χ0v) is 17.9. The van der Waals surface area contributed by atoms with E-state index in [0.29, 0.717) is 19.4 Å². The Kier molecular flexibility index (Phi) is 8.13. The second-order valence-electron chi connectivity index (χ2n) is 7.42. The molecule has 0 amide bonds. The molecular weight excluding hydrogens is 372 g/mol. The number of rotatable bonds is 10. The summed E-state index contributed by atoms with van der Waals surface area (Å²) in [5.41, 5.74) is 5.12. The largest absolute Gasteiger partial charge is 0.466 e. The Morgan fingerprint density at radius 3 is 1.83 bits per heavy atom. The predicted molar refractivity (Wildman–Crippen MR) is 119 cm³/mol. The van der Waals surface area contributed by atoms with Crippen LogP contribution in [0.15, 0.2) is 60.7 Å². The van der Waals surface area contributed by atoms with Crippen LogP contribution in [0.1, 0.15) is 60.6 Å². The first kappa shape index (κ1) is 21.7. The average Bonchev–Trinajstić information content (AvgIpc) is 2.76. The molecule has 0 aliphatic carbocycles. The Morgan fingerprint density at radius 1 is 0.833 bits per heavy atom. The number of unbranched alkanes of at least 4 members (excludes halogenated alkanes) is 1. The third-order valence-corrected chi connectivity index (χ3v) is 5.03. The highest BCUT2D eigenvalue weighted by atomic mass is 16.5. The van der Waals surface area contributed by atoms with Crippen LogP contribution >= 0.6 is 0 Å². The Balaban J connectivity index is 2.04. The molecule has 0 aliphatic rings. The van der Waals surface area contributed by atoms with Gasteiger partial charge in [-0.3, -0.25) is 4.79 Å². The molecule has 2 aromatic carbocycles. The van der Waals surface area contributed by atoms with Crippen molar-refractivity contribution in [2.75, 3.05) is 6.61 Å². The van der Waals surface area contributed by atoms with Crippen LogP contribution in [0.4, 0.5) is 0 Å². The summed E-state index contributed by atoms with van der Waals surface area (Å²) in [6, 6.07) is 20.5. The van der Waals surface area contributed by atoms with Crippen LogP contribution in [0.3, 0.4) is 0 Å². The van der Waals surface area contributed by atoms with Gasteiger partial charge >= 0.3 is 5.97 Å². The third-order valence-electron chi connectivity index (χ3n) is 5.03. The van der Waals surface area contributed by atoms with E-state index >= 15 is 0 Å². The van der Waals surface area contributed by atoms with E-state index in [2.05, 4.69) is 31.2 Å². The van der Waals surface area contributed by atoms with E-state index < -0.39 is 0 Å². The Labute approximate surface area is 179 Å². The van der Waals surface area contributed by atoms with Gasteiger partial charge in [-0.25, -0.2) is 9.97 Å². The zero-order valence-electron chi connectivity index (χ0n) is 17.9. The van der Waals surface area contributed by atoms with Gasteiger partial charge in [-0.1, -0.05) is 74.0 Å². The molecule has 0 atom stereocenters. The molecule has 0 saturated heterocycles. The van der Waals surface area contributed by atoms with Crippen LogP contribution in [0.2, 0.25) is 0 Å². The topological polar surface area (TPSA) is 52.1 Å². The lowest BCUT2D eigenvalue weighted by Gasteiger charge is -2.16. The van der Waals surface area contributed by atoms with Gasteiger partial charge in [0.25, 0.3) is 0 Å². The van der Waals surface area contributed by atoms with E-state index in [4.69, 9.17) is 14.7 Å². The van der Waals surface area contributed by atoms with E-state index in [1.807, 2.05) is 43.3 Å². The molecule has 1 aromatic heterocycles. The van der Waals surface area contributed by atoms with Crippen molar-refractivity contribution in [1.82, 2.24) is 9.97 Å². The lowest BCUT2D eigenvalue weighted by Crippen LogP contribution is -2.16. The molecule has 0 fully saturated rings. The monoisotopic (exact) mass is 402 g/mol. The molecule has 0 radical (unpaired) electrons. The fraction of sp³-hybridized carbons (Fsp3) is 0.346. The minimum absolute atomic E-state index is 0.201. The minimum Gasteiger partial charge on any atom is -0.466 e. The van der Waals surface area contributed by atoms with Crippen LogP contribution in [0.25, 0.3) is 0 Å². The van der Waals surface area contributed by atoms with Gasteiger partial charge in [0.05, 0.1) is 24.4 Å². The van der Waals surface area contributed by atoms with Crippen molar-refractivity contribution in [3.8, 4) is 0 Å². The summed E-state index contributed by atoms with van der Waals surface area (Å²) in [4.78, 5) is 22.2. The van der Waals surface area contributed by atoms with Gasteiger partial charge in [0, 0.05) is 24.8 Å². The number of hydrogen-bond donors (Lipinski definition) is 0. The first-order chi connectivity index (χ1) is 14.7. The number of carbonyl (C=O) groups excluding carboxylic acids is 1. The summed E-state index contributed by atoms with van der Waals surface area (Å²) < 4.78 is 5.26. The standard InChI is InChI=1S/C26H30N2O2/c1-3-5-16-25-27-23(17-20-12-8-6-9-13-20)22(19-26(29)30-4-2)24(28-25)18-21-14-10-7-11-15-21/h6-15H,3-5,16-19H2,1-2H3. The van der Waals surface area contributed by atoms with Gasteiger partial charge in [0.2, 0.25) is 0 Å². The SMILES string of the molecule is CCCCc1nc(Cc2ccccc2)c(CC(=O)OCC)c(Cc2ccccc2)n1. The van der Waals surface area contributed by atoms with E-state index in [-0.39, 0.29) is 12.4 Å². The number of carbonyl (C=O) groups is 1. The van der Waals surface area contributed by atoms with Gasteiger partial charge in [-0.15, -0.1) is 0 Å². The first-order valence-corrected chi connectivity index (χ1v) is 10.8. The minimum atomic E-state index is -0.231. The second-order valence-corrected chi connectivity index (χ2v) is 7.42. The first-order valence-electron chi connectivity index (χ1n) is 10.8. The number of esters is 1. The molecule has 3 rings (SSSR count). The molecule has 0 saturated carbocycles. The second kappa shape index (κ2) is 11.2. The fourth-order valence-corrected chi connectivity index (χ4v) is 3.52. The smallest absolute Gasteiger partial charge is 0.310 e. The fourth-order valence-electron chi connectivity index (χ4n) is 3.52. The van der Waals surface area contributed by atoms with Gasteiger partial charge in [-0.2, -0.15) is 0 Å². The van der Waals surface area contributed by atoms with Crippen molar-refractivity contribution < 1.29 is 9.53 Å². The third kappa shape index (κ3) is 6.24. The van der Waals surface area contributed by atoms with Crippen molar-refractivity contribution >= 4 is 5.97 Å². The molecule has 4 heteroatoms. The molecule has 156 valence electrons. The van der Waals surface area contributed by atoms with Gasteiger partial charge in [0.1, 0.15) is 5.82 Å². The summed E-state index contributed by atoms with van der Waals surface area (Å²) in [6.07, 6.45) is 4.55. The molecule has 0 unspecified atom stereocenters. The quantitative estimate of drug-likeness (QED) is 0.442. The number of hydrogen-bond acceptors (Lipinski definition) is 4. The van der Waals surface area contributed by atoms with Crippen molar-refractivity contribution in [1.29, 1.82) is 0 Å². The molecular formula is C26H30N2O2. The zero-order chi connectivity index (χ0) is 21.2. The average molecular weight is 403 g/mol. The predicted octanol–water partition coefficient (Wildman–Crippen LogP) is 5.11. The van der Waals surface area contributed by atoms with E-state index in [1.54, 1.807) is 0 Å². The van der Waals surface area contributed by atoms with Gasteiger partial charge in [-0.05, 0) is 24.5 Å². The highest BCUT2D eigenvalue weighted by molar-refractivity contribution is 5.73. The highest BCUT2D eigenvalue weighted by Gasteiger charge is 2.19. The summed E-state index contributed by atoms with van der Waals surface area (Å²) in [5, 5.41) is 0. The Morgan fingerprint density at radius 2 is 1.37 bits per heavy atom. The maximum absolute atomic E-state index is 12.4. The van der Waals surface area contributed by atoms with Crippen molar-refractivity contribution in [3.63, 3.8) is 0 Å². The number of benzene rings is 2. The van der Waals surface area contributed by atoms with Gasteiger partial charge in [0.15, 0.2) is 0 Å². The molecule has 1 heterocycles. The lowest BCUT2D eigenvalue weighted by atomic mass is 9.97. The highest BCUT2D eigenvalue weighted by Crippen LogP contribution is 2.21. The number of aryl methyl sites for hydroxylation is 1. The molecule has 30 heavy (non-hydrogen) atoms. The Bertz CT molecular complexity index is 877. The number of aromatic nitrogens is 2. The maximum atomic E-state index is 12.4. The number of nitrogens with zero attached hydrogens (tertiary/aromatic N) is 2. The molecule has 0 spiro atoms. The van der Waals surface area contributed by atoms with Gasteiger partial charge < -0.3 is 4.74 Å². The molecule has 4 nitrogen and oxygen atoms in total. The van der Waals surface area contributed by atoms with Crippen LogP contribution < -0.4 is 0 Å². The number of ether oxygens (including phenoxy) is 1. The molecule has 0 aliphatic heterocycles. The van der Waals surface area contributed by atoms with E-state index in [1.165, 1.54) is 11.1 Å². The van der Waals surface area contributed by atoms with Crippen LogP contribution in [-0.4, -0.2) is 22.5 Å². The summed E-state index contributed by atoms with van der Waals surface area (Å²) >= 11 is 0. The molecule has 0 bridgehead atoms.